The average Bonchev–Trinajstić information content (AvgIpc) is 3.14. The van der Waals surface area contributed by atoms with Crippen LogP contribution in [0.5, 0.6) is 0 Å². The zero-order valence-corrected chi connectivity index (χ0v) is 14.4. The largest absolute Gasteiger partial charge is 0.431 e. The van der Waals surface area contributed by atoms with Gasteiger partial charge < -0.3 is 9.64 Å². The number of aliphatic imine (C=N–C) groups is 1. The highest BCUT2D eigenvalue weighted by Gasteiger charge is 2.49. The molecule has 3 aliphatic rings. The van der Waals surface area contributed by atoms with Gasteiger partial charge in [0.05, 0.1) is 17.7 Å². The summed E-state index contributed by atoms with van der Waals surface area (Å²) in [5.74, 6) is -0.932. The number of benzene rings is 1. The molecule has 1 atom stereocenters. The number of aryl methyl sites for hydroxylation is 1. The molecule has 1 aliphatic carbocycles. The molecule has 0 saturated carbocycles. The zero-order chi connectivity index (χ0) is 21.2. The predicted molar refractivity (Wildman–Crippen MR) is 84.9 cm³/mol. The number of nitrogens with zero attached hydrogens (tertiary/aromatic N) is 2. The molecule has 0 saturated heterocycles. The van der Waals surface area contributed by atoms with E-state index in [0.717, 1.165) is 23.2 Å². The van der Waals surface area contributed by atoms with E-state index in [0.29, 0.717) is 17.2 Å². The van der Waals surface area contributed by atoms with Crippen LogP contribution >= 0.6 is 0 Å². The molecule has 3 nitrogen and oxygen atoms in total. The quantitative estimate of drug-likeness (QED) is 0.614. The van der Waals surface area contributed by atoms with Gasteiger partial charge in [0, 0.05) is 6.20 Å². The molecule has 0 radical (unpaired) electrons. The number of rotatable bonds is 2. The van der Waals surface area contributed by atoms with E-state index in [-0.39, 0.29) is 25.2 Å². The summed E-state index contributed by atoms with van der Waals surface area (Å²) in [6.45, 7) is -3.48. The van der Waals surface area contributed by atoms with Gasteiger partial charge in [0.25, 0.3) is 0 Å². The highest BCUT2D eigenvalue weighted by Crippen LogP contribution is 2.47. The Bertz CT molecular complexity index is 944. The van der Waals surface area contributed by atoms with Crippen LogP contribution in [0.25, 0.3) is 0 Å². The lowest BCUT2D eigenvalue weighted by Crippen LogP contribution is -2.34. The van der Waals surface area contributed by atoms with Crippen molar-refractivity contribution in [2.75, 3.05) is 6.54 Å². The van der Waals surface area contributed by atoms with Gasteiger partial charge in [0.2, 0.25) is 0 Å². The van der Waals surface area contributed by atoms with Crippen molar-refractivity contribution in [3.05, 3.63) is 58.5 Å². The Hall–Kier alpha value is -2.59. The fraction of sp³-hybridized carbons (Fsp3) is 0.389. The van der Waals surface area contributed by atoms with E-state index >= 15 is 0 Å². The summed E-state index contributed by atoms with van der Waals surface area (Å²) in [5, 5.41) is 0. The van der Waals surface area contributed by atoms with Gasteiger partial charge in [0.15, 0.2) is 11.6 Å². The molecule has 0 amide bonds. The molecule has 0 N–H and O–H groups in total. The third-order valence-corrected chi connectivity index (χ3v) is 5.11. The van der Waals surface area contributed by atoms with E-state index in [1.807, 2.05) is 0 Å². The average molecular weight is 424 g/mol. The Morgan fingerprint density at radius 2 is 1.79 bits per heavy atom. The van der Waals surface area contributed by atoms with E-state index in [9.17, 15) is 35.1 Å². The van der Waals surface area contributed by atoms with Crippen molar-refractivity contribution in [2.45, 2.75) is 37.3 Å². The van der Waals surface area contributed by atoms with E-state index in [4.69, 9.17) is 0 Å². The standard InChI is InChI=1S/C18H12F8N2O/c19-15(20)29-13-6-11(18(24,25)26)7-28-8-16(27-14(13)28)4-3-9-5-10(17(21,22)23)1-2-12(9)16/h1-2,5-7,15H,3-4,8H2/t16-/m1/s1. The van der Waals surface area contributed by atoms with Crippen LogP contribution in [0, 0.1) is 0 Å². The molecule has 0 bridgehead atoms. The molecule has 1 aromatic rings. The third-order valence-electron chi connectivity index (χ3n) is 5.11. The van der Waals surface area contributed by atoms with Crippen LogP contribution in [-0.4, -0.2) is 30.1 Å². The summed E-state index contributed by atoms with van der Waals surface area (Å²) in [7, 11) is 0. The van der Waals surface area contributed by atoms with Crippen molar-refractivity contribution in [1.29, 1.82) is 0 Å². The number of hydrogen-bond donors (Lipinski definition) is 0. The molecule has 1 spiro atoms. The molecule has 2 heterocycles. The highest BCUT2D eigenvalue weighted by molar-refractivity contribution is 6.00. The summed E-state index contributed by atoms with van der Waals surface area (Å²) in [6.07, 6.45) is -7.67. The Balaban J connectivity index is 1.75. The van der Waals surface area contributed by atoms with Crippen LogP contribution in [-0.2, 0) is 22.9 Å². The minimum absolute atomic E-state index is 0.121. The number of fused-ring (bicyclic) bond motifs is 3. The Kier molecular flexibility index (Phi) is 4.22. The van der Waals surface area contributed by atoms with Gasteiger partial charge in [-0.15, -0.1) is 0 Å². The summed E-state index contributed by atoms with van der Waals surface area (Å²) in [6, 6.07) is 3.12. The number of alkyl halides is 8. The van der Waals surface area contributed by atoms with Gasteiger partial charge in [0.1, 0.15) is 5.54 Å². The van der Waals surface area contributed by atoms with Crippen molar-refractivity contribution in [3.8, 4) is 0 Å². The Labute approximate surface area is 159 Å². The van der Waals surface area contributed by atoms with E-state index in [1.54, 1.807) is 0 Å². The molecule has 1 aromatic carbocycles. The van der Waals surface area contributed by atoms with Crippen LogP contribution < -0.4 is 0 Å². The first-order valence-electron chi connectivity index (χ1n) is 8.42. The van der Waals surface area contributed by atoms with Crippen molar-refractivity contribution in [3.63, 3.8) is 0 Å². The highest BCUT2D eigenvalue weighted by atomic mass is 19.4. The van der Waals surface area contributed by atoms with Gasteiger partial charge >= 0.3 is 19.0 Å². The van der Waals surface area contributed by atoms with Crippen molar-refractivity contribution < 1.29 is 39.9 Å². The first-order valence-corrected chi connectivity index (χ1v) is 8.42. The first kappa shape index (κ1) is 19.7. The van der Waals surface area contributed by atoms with Crippen molar-refractivity contribution in [1.82, 2.24) is 4.90 Å². The predicted octanol–water partition coefficient (Wildman–Crippen LogP) is 5.14. The second kappa shape index (κ2) is 6.20. The van der Waals surface area contributed by atoms with Crippen LogP contribution in [0.1, 0.15) is 23.1 Å². The van der Waals surface area contributed by atoms with Crippen LogP contribution in [0.15, 0.2) is 46.8 Å². The van der Waals surface area contributed by atoms with Gasteiger partial charge in [-0.05, 0) is 42.2 Å². The minimum atomic E-state index is -4.80. The van der Waals surface area contributed by atoms with Crippen molar-refractivity contribution in [2.24, 2.45) is 4.99 Å². The molecule has 11 heteroatoms. The maximum Gasteiger partial charge on any atom is 0.417 e. The summed E-state index contributed by atoms with van der Waals surface area (Å²) >= 11 is 0. The lowest BCUT2D eigenvalue weighted by molar-refractivity contribution is -0.137. The molecular formula is C18H12F8N2O. The zero-order valence-electron chi connectivity index (χ0n) is 14.4. The van der Waals surface area contributed by atoms with Crippen LogP contribution in [0.2, 0.25) is 0 Å². The van der Waals surface area contributed by atoms with Crippen LogP contribution in [0.4, 0.5) is 35.1 Å². The fourth-order valence-electron chi connectivity index (χ4n) is 3.90. The fourth-order valence-corrected chi connectivity index (χ4v) is 3.90. The lowest BCUT2D eigenvalue weighted by Gasteiger charge is -2.26. The molecule has 2 aliphatic heterocycles. The number of hydrogen-bond acceptors (Lipinski definition) is 3. The molecule has 0 unspecified atom stereocenters. The second-order valence-corrected chi connectivity index (χ2v) is 6.93. The van der Waals surface area contributed by atoms with Gasteiger partial charge in [-0.2, -0.15) is 35.1 Å². The number of halogens is 8. The lowest BCUT2D eigenvalue weighted by atomic mass is 9.92. The number of allylic oxidation sites excluding steroid dienone is 2. The molecule has 0 aromatic heterocycles. The SMILES string of the molecule is FC(F)OC1=CC(C(F)(F)F)=CN2C[C@@]3(CCc4cc(C(F)(F)F)ccc43)N=C12. The van der Waals surface area contributed by atoms with Gasteiger partial charge in [-0.3, -0.25) is 4.99 Å². The first-order chi connectivity index (χ1) is 13.4. The monoisotopic (exact) mass is 424 g/mol. The normalized spacial score (nSPS) is 23.8. The summed E-state index contributed by atoms with van der Waals surface area (Å²) in [4.78, 5) is 5.41. The third kappa shape index (κ3) is 3.36. The molecular weight excluding hydrogens is 412 g/mol. The molecule has 4 rings (SSSR count). The van der Waals surface area contributed by atoms with Gasteiger partial charge in [-0.25, -0.2) is 0 Å². The summed E-state index contributed by atoms with van der Waals surface area (Å²) < 4.78 is 108. The summed E-state index contributed by atoms with van der Waals surface area (Å²) in [5.41, 5.74) is -2.33. The Morgan fingerprint density at radius 1 is 1.07 bits per heavy atom. The van der Waals surface area contributed by atoms with Crippen LogP contribution in [0.3, 0.4) is 0 Å². The van der Waals surface area contributed by atoms with Gasteiger partial charge in [-0.1, -0.05) is 6.07 Å². The maximum atomic E-state index is 13.1. The van der Waals surface area contributed by atoms with Crippen molar-refractivity contribution >= 4 is 5.84 Å². The molecule has 156 valence electrons. The van der Waals surface area contributed by atoms with E-state index in [1.165, 1.54) is 6.07 Å². The maximum absolute atomic E-state index is 13.1. The van der Waals surface area contributed by atoms with E-state index < -0.39 is 41.4 Å². The topological polar surface area (TPSA) is 24.8 Å². The molecule has 0 fully saturated rings. The number of ether oxygens (including phenoxy) is 1. The molecule has 29 heavy (non-hydrogen) atoms. The smallest absolute Gasteiger partial charge is 0.417 e. The Morgan fingerprint density at radius 3 is 2.41 bits per heavy atom. The second-order valence-electron chi connectivity index (χ2n) is 6.93. The minimum Gasteiger partial charge on any atom is -0.431 e. The van der Waals surface area contributed by atoms with E-state index in [2.05, 4.69) is 9.73 Å². The number of amidine groups is 1.